The van der Waals surface area contributed by atoms with Gasteiger partial charge < -0.3 is 15.4 Å². The summed E-state index contributed by atoms with van der Waals surface area (Å²) in [5.74, 6) is -1.97. The molecular formula is C20H19FN2O4. The molecule has 27 heavy (non-hydrogen) atoms. The lowest BCUT2D eigenvalue weighted by Gasteiger charge is -2.31. The Kier molecular flexibility index (Phi) is 5.49. The molecule has 1 heterocycles. The van der Waals surface area contributed by atoms with Crippen LogP contribution in [0.5, 0.6) is 5.75 Å². The summed E-state index contributed by atoms with van der Waals surface area (Å²) >= 11 is 0. The van der Waals surface area contributed by atoms with Crippen LogP contribution in [0.15, 0.2) is 48.5 Å². The number of carbonyl (C=O) groups is 3. The Labute approximate surface area is 155 Å². The van der Waals surface area contributed by atoms with E-state index in [2.05, 4.69) is 0 Å². The Balaban J connectivity index is 1.66. The predicted octanol–water partition coefficient (Wildman–Crippen LogP) is 2.38. The van der Waals surface area contributed by atoms with Crippen LogP contribution < -0.4 is 10.5 Å². The van der Waals surface area contributed by atoms with E-state index in [1.54, 1.807) is 17.0 Å². The summed E-state index contributed by atoms with van der Waals surface area (Å²) < 4.78 is 18.4. The highest BCUT2D eigenvalue weighted by Crippen LogP contribution is 2.22. The van der Waals surface area contributed by atoms with Gasteiger partial charge in [-0.15, -0.1) is 0 Å². The van der Waals surface area contributed by atoms with Gasteiger partial charge in [-0.2, -0.15) is 0 Å². The van der Waals surface area contributed by atoms with Crippen molar-refractivity contribution in [2.45, 2.75) is 12.8 Å². The summed E-state index contributed by atoms with van der Waals surface area (Å²) in [5, 5.41) is 0. The fraction of sp³-hybridized carbons (Fsp3) is 0.250. The molecule has 0 bridgehead atoms. The van der Waals surface area contributed by atoms with Crippen molar-refractivity contribution in [1.82, 2.24) is 4.90 Å². The number of esters is 1. The van der Waals surface area contributed by atoms with Crippen molar-refractivity contribution in [3.05, 3.63) is 65.5 Å². The molecule has 1 aliphatic rings. The monoisotopic (exact) mass is 370 g/mol. The van der Waals surface area contributed by atoms with Crippen LogP contribution in [0.2, 0.25) is 0 Å². The molecule has 1 saturated heterocycles. The van der Waals surface area contributed by atoms with E-state index in [1.807, 2.05) is 0 Å². The zero-order chi connectivity index (χ0) is 19.4. The Morgan fingerprint density at radius 3 is 2.52 bits per heavy atom. The number of hydrogen-bond donors (Lipinski definition) is 1. The van der Waals surface area contributed by atoms with Gasteiger partial charge in [-0.05, 0) is 55.3 Å². The summed E-state index contributed by atoms with van der Waals surface area (Å²) in [7, 11) is 0. The van der Waals surface area contributed by atoms with E-state index in [0.717, 1.165) is 0 Å². The molecule has 6 nitrogen and oxygen atoms in total. The Hall–Kier alpha value is -3.22. The minimum absolute atomic E-state index is 0.227. The van der Waals surface area contributed by atoms with Gasteiger partial charge in [0.15, 0.2) is 0 Å². The molecule has 2 N–H and O–H groups in total. The van der Waals surface area contributed by atoms with Crippen molar-refractivity contribution in [3.63, 3.8) is 0 Å². The molecule has 2 amide bonds. The number of nitrogens with two attached hydrogens (primary N) is 1. The average Bonchev–Trinajstić information content (AvgIpc) is 2.68. The maximum Gasteiger partial charge on any atom is 0.316 e. The van der Waals surface area contributed by atoms with E-state index in [1.165, 1.54) is 36.4 Å². The largest absolute Gasteiger partial charge is 0.426 e. The van der Waals surface area contributed by atoms with Gasteiger partial charge in [0.2, 0.25) is 5.91 Å². The van der Waals surface area contributed by atoms with E-state index in [4.69, 9.17) is 10.5 Å². The number of ether oxygens (including phenoxy) is 1. The van der Waals surface area contributed by atoms with Gasteiger partial charge in [0.1, 0.15) is 11.6 Å². The number of nitrogens with zero attached hydrogens (tertiary/aromatic N) is 1. The lowest BCUT2D eigenvalue weighted by Crippen LogP contribution is -2.43. The van der Waals surface area contributed by atoms with Crippen molar-refractivity contribution in [3.8, 4) is 5.75 Å². The molecule has 2 aromatic rings. The molecule has 1 unspecified atom stereocenters. The number of rotatable bonds is 4. The third-order valence-corrected chi connectivity index (χ3v) is 4.47. The highest BCUT2D eigenvalue weighted by Gasteiger charge is 2.30. The fourth-order valence-electron chi connectivity index (χ4n) is 3.04. The number of likely N-dealkylation sites (tertiary alicyclic amines) is 1. The SMILES string of the molecule is NC(=O)c1cccc(OC(=O)C2CCCN(C(=O)c3ccc(F)cc3)C2)c1. The molecular weight excluding hydrogens is 351 g/mol. The predicted molar refractivity (Wildman–Crippen MR) is 95.6 cm³/mol. The fourth-order valence-corrected chi connectivity index (χ4v) is 3.04. The zero-order valence-corrected chi connectivity index (χ0v) is 14.6. The van der Waals surface area contributed by atoms with Crippen LogP contribution in [0.4, 0.5) is 4.39 Å². The Bertz CT molecular complexity index is 867. The van der Waals surface area contributed by atoms with Crippen molar-refractivity contribution < 1.29 is 23.5 Å². The maximum atomic E-state index is 13.0. The molecule has 0 aromatic heterocycles. The second kappa shape index (κ2) is 7.99. The van der Waals surface area contributed by atoms with Crippen LogP contribution in [0.25, 0.3) is 0 Å². The zero-order valence-electron chi connectivity index (χ0n) is 14.6. The average molecular weight is 370 g/mol. The second-order valence-corrected chi connectivity index (χ2v) is 6.41. The number of halogens is 1. The van der Waals surface area contributed by atoms with E-state index < -0.39 is 23.6 Å². The van der Waals surface area contributed by atoms with Crippen LogP contribution in [-0.2, 0) is 4.79 Å². The van der Waals surface area contributed by atoms with Gasteiger partial charge in [0.25, 0.3) is 5.91 Å². The molecule has 3 rings (SSSR count). The summed E-state index contributed by atoms with van der Waals surface area (Å²) in [6.07, 6.45) is 1.26. The minimum atomic E-state index is -0.610. The Morgan fingerprint density at radius 1 is 1.07 bits per heavy atom. The Morgan fingerprint density at radius 2 is 1.81 bits per heavy atom. The number of hydrogen-bond acceptors (Lipinski definition) is 4. The van der Waals surface area contributed by atoms with E-state index in [9.17, 15) is 18.8 Å². The number of benzene rings is 2. The second-order valence-electron chi connectivity index (χ2n) is 6.41. The first-order chi connectivity index (χ1) is 12.9. The molecule has 1 fully saturated rings. The van der Waals surface area contributed by atoms with Crippen LogP contribution in [0.3, 0.4) is 0 Å². The number of carbonyl (C=O) groups excluding carboxylic acids is 3. The molecule has 1 atom stereocenters. The highest BCUT2D eigenvalue weighted by molar-refractivity contribution is 5.95. The molecule has 7 heteroatoms. The smallest absolute Gasteiger partial charge is 0.316 e. The molecule has 0 aliphatic carbocycles. The van der Waals surface area contributed by atoms with Gasteiger partial charge in [-0.1, -0.05) is 6.07 Å². The van der Waals surface area contributed by atoms with Crippen molar-refractivity contribution in [2.75, 3.05) is 13.1 Å². The lowest BCUT2D eigenvalue weighted by molar-refractivity contribution is -0.140. The standard InChI is InChI=1S/C20H19FN2O4/c21-16-8-6-13(7-9-16)19(25)23-10-2-4-15(12-23)20(26)27-17-5-1-3-14(11-17)18(22)24/h1,3,5-9,11,15H,2,4,10,12H2,(H2,22,24). The molecule has 0 saturated carbocycles. The molecule has 1 aliphatic heterocycles. The minimum Gasteiger partial charge on any atom is -0.426 e. The summed E-state index contributed by atoms with van der Waals surface area (Å²) in [6.45, 7) is 0.752. The first-order valence-electron chi connectivity index (χ1n) is 8.60. The summed E-state index contributed by atoms with van der Waals surface area (Å²) in [5.41, 5.74) is 5.85. The van der Waals surface area contributed by atoms with Crippen molar-refractivity contribution in [1.29, 1.82) is 0 Å². The first kappa shape index (κ1) is 18.6. The van der Waals surface area contributed by atoms with Crippen LogP contribution in [0, 0.1) is 11.7 Å². The number of primary amides is 1. The van der Waals surface area contributed by atoms with Gasteiger partial charge in [0, 0.05) is 24.2 Å². The van der Waals surface area contributed by atoms with Gasteiger partial charge in [-0.3, -0.25) is 14.4 Å². The topological polar surface area (TPSA) is 89.7 Å². The van der Waals surface area contributed by atoms with E-state index in [-0.39, 0.29) is 23.8 Å². The maximum absolute atomic E-state index is 13.0. The molecule has 0 radical (unpaired) electrons. The van der Waals surface area contributed by atoms with E-state index in [0.29, 0.717) is 24.9 Å². The number of amides is 2. The third kappa shape index (κ3) is 4.49. The normalized spacial score (nSPS) is 16.6. The summed E-state index contributed by atoms with van der Waals surface area (Å²) in [4.78, 5) is 37.8. The van der Waals surface area contributed by atoms with Crippen LogP contribution >= 0.6 is 0 Å². The lowest BCUT2D eigenvalue weighted by atomic mass is 9.97. The quantitative estimate of drug-likeness (QED) is 0.661. The third-order valence-electron chi connectivity index (χ3n) is 4.47. The first-order valence-corrected chi connectivity index (χ1v) is 8.60. The summed E-state index contributed by atoms with van der Waals surface area (Å²) in [6, 6.07) is 11.4. The van der Waals surface area contributed by atoms with Crippen molar-refractivity contribution >= 4 is 17.8 Å². The number of piperidine rings is 1. The molecule has 0 spiro atoms. The molecule has 140 valence electrons. The van der Waals surface area contributed by atoms with Crippen LogP contribution in [0.1, 0.15) is 33.6 Å². The van der Waals surface area contributed by atoms with Gasteiger partial charge in [-0.25, -0.2) is 4.39 Å². The van der Waals surface area contributed by atoms with Gasteiger partial charge in [0.05, 0.1) is 5.92 Å². The van der Waals surface area contributed by atoms with Gasteiger partial charge >= 0.3 is 5.97 Å². The molecule has 2 aromatic carbocycles. The van der Waals surface area contributed by atoms with Crippen molar-refractivity contribution in [2.24, 2.45) is 11.7 Å². The van der Waals surface area contributed by atoms with Crippen LogP contribution in [-0.4, -0.2) is 35.8 Å². The van der Waals surface area contributed by atoms with E-state index >= 15 is 0 Å². The highest BCUT2D eigenvalue weighted by atomic mass is 19.1.